The molecule has 0 saturated heterocycles. The van der Waals surface area contributed by atoms with E-state index in [1.807, 2.05) is 0 Å². The van der Waals surface area contributed by atoms with Crippen LogP contribution in [0.25, 0.3) is 0 Å². The van der Waals surface area contributed by atoms with Crippen molar-refractivity contribution in [1.82, 2.24) is 0 Å². The van der Waals surface area contributed by atoms with E-state index in [1.54, 1.807) is 18.2 Å². The highest BCUT2D eigenvalue weighted by atomic mass is 16.4. The average molecular weight is 232 g/mol. The number of Topliss-reactive ketones (excluding diaryl/α,β-unsaturated/α-hetero) is 1. The van der Waals surface area contributed by atoms with Crippen LogP contribution < -0.4 is 5.32 Å². The minimum absolute atomic E-state index is 0.00956. The summed E-state index contributed by atoms with van der Waals surface area (Å²) >= 11 is 0. The van der Waals surface area contributed by atoms with Crippen LogP contribution in [0.3, 0.4) is 0 Å². The van der Waals surface area contributed by atoms with E-state index in [9.17, 15) is 9.59 Å². The molecule has 0 radical (unpaired) electrons. The number of oxime groups is 1. The second kappa shape index (κ2) is 4.37. The first-order valence-electron chi connectivity index (χ1n) is 5.28. The zero-order valence-corrected chi connectivity index (χ0v) is 9.36. The Bertz CT molecular complexity index is 520. The number of carbonyl (C=O) groups is 2. The van der Waals surface area contributed by atoms with Gasteiger partial charge in [0, 0.05) is 17.7 Å². The van der Waals surface area contributed by atoms with E-state index in [-0.39, 0.29) is 17.4 Å². The lowest BCUT2D eigenvalue weighted by Crippen LogP contribution is -2.20. The second-order valence-corrected chi connectivity index (χ2v) is 3.93. The zero-order valence-electron chi connectivity index (χ0n) is 9.36. The number of benzene rings is 1. The number of carbonyl (C=O) groups excluding carboxylic acids is 2. The molecule has 5 heteroatoms. The van der Waals surface area contributed by atoms with Crippen molar-refractivity contribution in [3.63, 3.8) is 0 Å². The molecule has 0 atom stereocenters. The van der Waals surface area contributed by atoms with Crippen LogP contribution in [0.2, 0.25) is 0 Å². The van der Waals surface area contributed by atoms with E-state index < -0.39 is 0 Å². The van der Waals surface area contributed by atoms with Gasteiger partial charge in [0.2, 0.25) is 11.7 Å². The van der Waals surface area contributed by atoms with Crippen molar-refractivity contribution < 1.29 is 14.8 Å². The van der Waals surface area contributed by atoms with Crippen LogP contribution in [-0.4, -0.2) is 22.6 Å². The van der Waals surface area contributed by atoms with Gasteiger partial charge in [-0.25, -0.2) is 0 Å². The van der Waals surface area contributed by atoms with Gasteiger partial charge in [-0.2, -0.15) is 0 Å². The molecular formula is C12H12N2O3. The molecule has 17 heavy (non-hydrogen) atoms. The Hall–Kier alpha value is -2.17. The Labute approximate surface area is 98.1 Å². The number of anilines is 1. The summed E-state index contributed by atoms with van der Waals surface area (Å²) < 4.78 is 0. The summed E-state index contributed by atoms with van der Waals surface area (Å²) in [4.78, 5) is 22.9. The fourth-order valence-electron chi connectivity index (χ4n) is 1.78. The first kappa shape index (κ1) is 11.3. The van der Waals surface area contributed by atoms with E-state index in [0.29, 0.717) is 18.4 Å². The summed E-state index contributed by atoms with van der Waals surface area (Å²) in [5.74, 6) is -0.322. The van der Waals surface area contributed by atoms with Crippen LogP contribution in [0.1, 0.15) is 29.3 Å². The molecule has 1 heterocycles. The number of hydrogen-bond donors (Lipinski definition) is 2. The third-order valence-corrected chi connectivity index (χ3v) is 2.74. The molecule has 0 aliphatic carbocycles. The summed E-state index contributed by atoms with van der Waals surface area (Å²) in [7, 11) is 0. The number of nitrogens with zero attached hydrogens (tertiary/aromatic N) is 1. The van der Waals surface area contributed by atoms with Gasteiger partial charge in [0.25, 0.3) is 0 Å². The quantitative estimate of drug-likeness (QED) is 0.352. The highest BCUT2D eigenvalue weighted by Gasteiger charge is 2.17. The lowest BCUT2D eigenvalue weighted by atomic mass is 9.98. The molecule has 0 spiro atoms. The van der Waals surface area contributed by atoms with Crippen molar-refractivity contribution >= 4 is 23.1 Å². The van der Waals surface area contributed by atoms with E-state index >= 15 is 0 Å². The largest absolute Gasteiger partial charge is 0.411 e. The van der Waals surface area contributed by atoms with Gasteiger partial charge in [0.15, 0.2) is 0 Å². The first-order chi connectivity index (χ1) is 8.11. The van der Waals surface area contributed by atoms with E-state index in [1.165, 1.54) is 6.92 Å². The number of rotatable bonds is 2. The van der Waals surface area contributed by atoms with E-state index in [4.69, 9.17) is 5.21 Å². The van der Waals surface area contributed by atoms with E-state index in [2.05, 4.69) is 10.5 Å². The summed E-state index contributed by atoms with van der Waals surface area (Å²) in [6.45, 7) is 1.45. The van der Waals surface area contributed by atoms with Gasteiger partial charge in [0.1, 0.15) is 5.71 Å². The van der Waals surface area contributed by atoms with Crippen molar-refractivity contribution in [2.24, 2.45) is 5.16 Å². The monoisotopic (exact) mass is 232 g/mol. The predicted molar refractivity (Wildman–Crippen MR) is 62.6 cm³/mol. The van der Waals surface area contributed by atoms with Crippen molar-refractivity contribution in [3.05, 3.63) is 29.3 Å². The van der Waals surface area contributed by atoms with Crippen LogP contribution >= 0.6 is 0 Å². The van der Waals surface area contributed by atoms with Crippen molar-refractivity contribution in [2.75, 3.05) is 5.32 Å². The fraction of sp³-hybridized carbons (Fsp3) is 0.250. The van der Waals surface area contributed by atoms with Crippen LogP contribution in [-0.2, 0) is 11.2 Å². The maximum absolute atomic E-state index is 11.7. The Morgan fingerprint density at radius 1 is 1.41 bits per heavy atom. The Morgan fingerprint density at radius 2 is 2.18 bits per heavy atom. The van der Waals surface area contributed by atoms with Crippen LogP contribution in [0.15, 0.2) is 23.4 Å². The van der Waals surface area contributed by atoms with E-state index in [0.717, 1.165) is 11.3 Å². The highest BCUT2D eigenvalue weighted by Crippen LogP contribution is 2.23. The van der Waals surface area contributed by atoms with Crippen LogP contribution in [0.5, 0.6) is 0 Å². The number of nitrogens with one attached hydrogen (secondary N) is 1. The number of ketones is 1. The predicted octanol–water partition coefficient (Wildman–Crippen LogP) is 1.60. The smallest absolute Gasteiger partial charge is 0.224 e. The zero-order chi connectivity index (χ0) is 12.4. The number of hydrogen-bond acceptors (Lipinski definition) is 4. The highest BCUT2D eigenvalue weighted by molar-refractivity contribution is 6.45. The van der Waals surface area contributed by atoms with Gasteiger partial charge < -0.3 is 10.5 Å². The molecule has 5 nitrogen and oxygen atoms in total. The Morgan fingerprint density at radius 3 is 2.88 bits per heavy atom. The maximum atomic E-state index is 11.7. The Kier molecular flexibility index (Phi) is 2.91. The van der Waals surface area contributed by atoms with Crippen LogP contribution in [0.4, 0.5) is 5.69 Å². The number of fused-ring (bicyclic) bond motifs is 1. The molecule has 0 fully saturated rings. The third-order valence-electron chi connectivity index (χ3n) is 2.74. The number of aryl methyl sites for hydroxylation is 1. The lowest BCUT2D eigenvalue weighted by molar-refractivity contribution is -0.116. The average Bonchev–Trinajstić information content (AvgIpc) is 2.36. The summed E-state index contributed by atoms with van der Waals surface area (Å²) in [6.07, 6.45) is 1.05. The molecule has 1 aliphatic rings. The molecule has 1 aromatic carbocycles. The van der Waals surface area contributed by atoms with Gasteiger partial charge in [-0.05, 0) is 37.1 Å². The van der Waals surface area contributed by atoms with Crippen molar-refractivity contribution in [1.29, 1.82) is 0 Å². The molecule has 0 saturated carbocycles. The minimum atomic E-state index is -0.313. The standard InChI is InChI=1S/C12H12N2O3/c1-7(14-17)12(16)9-2-4-10-8(6-9)3-5-11(15)13-10/h2,4,6,17H,3,5H2,1H3,(H,13,15)/b14-7-. The minimum Gasteiger partial charge on any atom is -0.411 e. The van der Waals surface area contributed by atoms with Gasteiger partial charge in [-0.15, -0.1) is 0 Å². The van der Waals surface area contributed by atoms with Gasteiger partial charge in [-0.3, -0.25) is 9.59 Å². The fourth-order valence-corrected chi connectivity index (χ4v) is 1.78. The number of amides is 1. The third kappa shape index (κ3) is 2.18. The SMILES string of the molecule is C/C(=N/O)C(=O)c1ccc2c(c1)CCC(=O)N2. The molecular weight excluding hydrogens is 220 g/mol. The molecule has 1 amide bonds. The molecule has 1 aliphatic heterocycles. The van der Waals surface area contributed by atoms with Crippen molar-refractivity contribution in [2.45, 2.75) is 19.8 Å². The lowest BCUT2D eigenvalue weighted by Gasteiger charge is -2.17. The molecule has 88 valence electrons. The first-order valence-corrected chi connectivity index (χ1v) is 5.28. The summed E-state index contributed by atoms with van der Waals surface area (Å²) in [5.41, 5.74) is 2.19. The molecule has 2 rings (SSSR count). The molecule has 1 aromatic rings. The topological polar surface area (TPSA) is 78.8 Å². The molecule has 0 bridgehead atoms. The molecule has 0 unspecified atom stereocenters. The van der Waals surface area contributed by atoms with Gasteiger partial charge in [-0.1, -0.05) is 5.16 Å². The van der Waals surface area contributed by atoms with Gasteiger partial charge in [0.05, 0.1) is 0 Å². The molecule has 0 aromatic heterocycles. The summed E-state index contributed by atoms with van der Waals surface area (Å²) in [6, 6.07) is 5.04. The molecule has 2 N–H and O–H groups in total. The summed E-state index contributed by atoms with van der Waals surface area (Å²) in [5, 5.41) is 14.2. The Balaban J connectivity index is 2.34. The normalized spacial score (nSPS) is 15.1. The van der Waals surface area contributed by atoms with Crippen LogP contribution in [0, 0.1) is 0 Å². The second-order valence-electron chi connectivity index (χ2n) is 3.93. The van der Waals surface area contributed by atoms with Gasteiger partial charge >= 0.3 is 0 Å². The maximum Gasteiger partial charge on any atom is 0.224 e. The van der Waals surface area contributed by atoms with Crippen molar-refractivity contribution in [3.8, 4) is 0 Å².